The molecule has 0 N–H and O–H groups in total. The molecule has 3 nitrogen and oxygen atoms in total. The summed E-state index contributed by atoms with van der Waals surface area (Å²) in [5.74, 6) is 0.909. The van der Waals surface area contributed by atoms with Crippen LogP contribution in [-0.4, -0.2) is 12.3 Å². The zero-order chi connectivity index (χ0) is 7.40. The average Bonchev–Trinajstić information content (AvgIpc) is 2.37. The third kappa shape index (κ3) is 1.57. The number of aryl methyl sites for hydroxylation is 1. The Balaban J connectivity index is 2.59. The quantitative estimate of drug-likeness (QED) is 0.638. The van der Waals surface area contributed by atoms with Crippen molar-refractivity contribution in [2.75, 3.05) is 7.11 Å². The van der Waals surface area contributed by atoms with E-state index in [4.69, 9.17) is 9.26 Å². The molecule has 0 spiro atoms. The number of ether oxygens (including phenoxy) is 1. The molecule has 0 aromatic carbocycles. The lowest BCUT2D eigenvalue weighted by molar-refractivity contribution is 0.177. The molecule has 1 aromatic heterocycles. The third-order valence-corrected chi connectivity index (χ3v) is 1.25. The summed E-state index contributed by atoms with van der Waals surface area (Å²) in [6.07, 6.45) is 0.886. The molecule has 3 heteroatoms. The second-order valence-electron chi connectivity index (χ2n) is 2.07. The molecule has 0 aliphatic carbocycles. The van der Waals surface area contributed by atoms with Gasteiger partial charge in [-0.05, 0) is 0 Å². The molecule has 0 fully saturated rings. The molecule has 0 bridgehead atoms. The predicted octanol–water partition coefficient (Wildman–Crippen LogP) is 1.38. The standard InChI is InChI=1S/C7H11NO2/c1-3-7-4-6(5-9-2)8-10-7/h4H,3,5H2,1-2H3. The van der Waals surface area contributed by atoms with Crippen LogP contribution in [0.5, 0.6) is 0 Å². The highest BCUT2D eigenvalue weighted by atomic mass is 16.5. The van der Waals surface area contributed by atoms with Gasteiger partial charge in [0.2, 0.25) is 0 Å². The second-order valence-corrected chi connectivity index (χ2v) is 2.07. The van der Waals surface area contributed by atoms with Crippen molar-refractivity contribution in [2.24, 2.45) is 0 Å². The summed E-state index contributed by atoms with van der Waals surface area (Å²) < 4.78 is 9.80. The molecular weight excluding hydrogens is 130 g/mol. The molecule has 0 atom stereocenters. The molecule has 10 heavy (non-hydrogen) atoms. The van der Waals surface area contributed by atoms with Crippen molar-refractivity contribution in [1.82, 2.24) is 5.16 Å². The molecule has 0 unspecified atom stereocenters. The van der Waals surface area contributed by atoms with E-state index in [1.807, 2.05) is 13.0 Å². The molecule has 0 amide bonds. The maximum atomic E-state index is 4.94. The number of methoxy groups -OCH3 is 1. The molecule has 1 heterocycles. The first kappa shape index (κ1) is 7.28. The smallest absolute Gasteiger partial charge is 0.136 e. The van der Waals surface area contributed by atoms with Gasteiger partial charge in [-0.15, -0.1) is 0 Å². The van der Waals surface area contributed by atoms with Crippen LogP contribution in [0.15, 0.2) is 10.6 Å². The lowest BCUT2D eigenvalue weighted by atomic mass is 10.3. The maximum Gasteiger partial charge on any atom is 0.136 e. The topological polar surface area (TPSA) is 35.3 Å². The molecular formula is C7H11NO2. The molecule has 0 aliphatic heterocycles. The van der Waals surface area contributed by atoms with Gasteiger partial charge in [-0.3, -0.25) is 0 Å². The first-order valence-electron chi connectivity index (χ1n) is 3.30. The van der Waals surface area contributed by atoms with Gasteiger partial charge < -0.3 is 9.26 Å². The minimum atomic E-state index is 0.531. The van der Waals surface area contributed by atoms with Gasteiger partial charge in [-0.25, -0.2) is 0 Å². The Morgan fingerprint density at radius 1 is 1.70 bits per heavy atom. The highest BCUT2D eigenvalue weighted by Crippen LogP contribution is 2.04. The van der Waals surface area contributed by atoms with Crippen LogP contribution in [-0.2, 0) is 17.8 Å². The minimum Gasteiger partial charge on any atom is -0.378 e. The highest BCUT2D eigenvalue weighted by molar-refractivity contribution is 5.03. The van der Waals surface area contributed by atoms with Crippen molar-refractivity contribution in [2.45, 2.75) is 20.0 Å². The zero-order valence-electron chi connectivity index (χ0n) is 6.26. The monoisotopic (exact) mass is 141 g/mol. The Bertz CT molecular complexity index is 195. The number of nitrogens with zero attached hydrogens (tertiary/aromatic N) is 1. The Kier molecular flexibility index (Phi) is 2.45. The zero-order valence-corrected chi connectivity index (χ0v) is 6.26. The summed E-state index contributed by atoms with van der Waals surface area (Å²) in [7, 11) is 1.64. The molecule has 1 aromatic rings. The first-order valence-corrected chi connectivity index (χ1v) is 3.30. The fourth-order valence-corrected chi connectivity index (χ4v) is 0.738. The van der Waals surface area contributed by atoms with Gasteiger partial charge in [0, 0.05) is 19.6 Å². The molecule has 0 saturated heterocycles. The van der Waals surface area contributed by atoms with Gasteiger partial charge in [0.15, 0.2) is 0 Å². The van der Waals surface area contributed by atoms with E-state index in [0.29, 0.717) is 6.61 Å². The maximum absolute atomic E-state index is 4.94. The highest BCUT2D eigenvalue weighted by Gasteiger charge is 1.99. The van der Waals surface area contributed by atoms with Crippen LogP contribution in [0.3, 0.4) is 0 Å². The SMILES string of the molecule is CCc1cc(COC)no1. The van der Waals surface area contributed by atoms with Gasteiger partial charge in [-0.1, -0.05) is 12.1 Å². The normalized spacial score (nSPS) is 10.2. The molecule has 0 radical (unpaired) electrons. The van der Waals surface area contributed by atoms with E-state index in [1.54, 1.807) is 7.11 Å². The van der Waals surface area contributed by atoms with Crippen molar-refractivity contribution in [3.8, 4) is 0 Å². The van der Waals surface area contributed by atoms with Crippen LogP contribution in [0.25, 0.3) is 0 Å². The van der Waals surface area contributed by atoms with Gasteiger partial charge in [-0.2, -0.15) is 0 Å². The van der Waals surface area contributed by atoms with Crippen LogP contribution in [0.4, 0.5) is 0 Å². The largest absolute Gasteiger partial charge is 0.378 e. The van der Waals surface area contributed by atoms with Crippen LogP contribution >= 0.6 is 0 Å². The fourth-order valence-electron chi connectivity index (χ4n) is 0.738. The van der Waals surface area contributed by atoms with E-state index < -0.39 is 0 Å². The average molecular weight is 141 g/mol. The van der Waals surface area contributed by atoms with Crippen LogP contribution in [0, 0.1) is 0 Å². The lowest BCUT2D eigenvalue weighted by Gasteiger charge is -1.86. The summed E-state index contributed by atoms with van der Waals surface area (Å²) in [5.41, 5.74) is 0.861. The van der Waals surface area contributed by atoms with Crippen molar-refractivity contribution < 1.29 is 9.26 Å². The van der Waals surface area contributed by atoms with Gasteiger partial charge in [0.1, 0.15) is 11.5 Å². The van der Waals surface area contributed by atoms with Gasteiger partial charge in [0.05, 0.1) is 6.61 Å². The summed E-state index contributed by atoms with van der Waals surface area (Å²) in [6.45, 7) is 2.56. The van der Waals surface area contributed by atoms with E-state index in [1.165, 1.54) is 0 Å². The van der Waals surface area contributed by atoms with Crippen molar-refractivity contribution in [3.63, 3.8) is 0 Å². The molecule has 0 aliphatic rings. The van der Waals surface area contributed by atoms with E-state index in [2.05, 4.69) is 5.16 Å². The minimum absolute atomic E-state index is 0.531. The van der Waals surface area contributed by atoms with E-state index in [0.717, 1.165) is 17.9 Å². The Morgan fingerprint density at radius 3 is 3.00 bits per heavy atom. The van der Waals surface area contributed by atoms with Crippen LogP contribution in [0.1, 0.15) is 18.4 Å². The summed E-state index contributed by atoms with van der Waals surface area (Å²) in [5, 5.41) is 3.78. The van der Waals surface area contributed by atoms with Crippen molar-refractivity contribution in [1.29, 1.82) is 0 Å². The number of hydrogen-bond acceptors (Lipinski definition) is 3. The van der Waals surface area contributed by atoms with Crippen molar-refractivity contribution in [3.05, 3.63) is 17.5 Å². The number of hydrogen-bond donors (Lipinski definition) is 0. The second kappa shape index (κ2) is 3.37. The Morgan fingerprint density at radius 2 is 2.50 bits per heavy atom. The fraction of sp³-hybridized carbons (Fsp3) is 0.571. The van der Waals surface area contributed by atoms with Crippen LogP contribution in [0.2, 0.25) is 0 Å². The number of rotatable bonds is 3. The summed E-state index contributed by atoms with van der Waals surface area (Å²) >= 11 is 0. The van der Waals surface area contributed by atoms with E-state index in [-0.39, 0.29) is 0 Å². The molecule has 0 saturated carbocycles. The molecule has 1 rings (SSSR count). The lowest BCUT2D eigenvalue weighted by Crippen LogP contribution is -1.85. The summed E-state index contributed by atoms with van der Waals surface area (Å²) in [4.78, 5) is 0. The Labute approximate surface area is 60.0 Å². The molecule has 56 valence electrons. The Hall–Kier alpha value is -0.830. The first-order chi connectivity index (χ1) is 4.86. The summed E-state index contributed by atoms with van der Waals surface area (Å²) in [6, 6.07) is 1.91. The van der Waals surface area contributed by atoms with E-state index in [9.17, 15) is 0 Å². The van der Waals surface area contributed by atoms with Gasteiger partial charge in [0.25, 0.3) is 0 Å². The van der Waals surface area contributed by atoms with Crippen LogP contribution < -0.4 is 0 Å². The predicted molar refractivity (Wildman–Crippen MR) is 36.6 cm³/mol. The van der Waals surface area contributed by atoms with Crippen molar-refractivity contribution >= 4 is 0 Å². The van der Waals surface area contributed by atoms with E-state index >= 15 is 0 Å². The number of aromatic nitrogens is 1. The van der Waals surface area contributed by atoms with Gasteiger partial charge >= 0.3 is 0 Å². The third-order valence-electron chi connectivity index (χ3n) is 1.25.